The lowest BCUT2D eigenvalue weighted by molar-refractivity contribution is 0.122. The molecule has 15 heavy (non-hydrogen) atoms. The zero-order chi connectivity index (χ0) is 10.9. The smallest absolute Gasteiger partial charge is 0.149 e. The summed E-state index contributed by atoms with van der Waals surface area (Å²) in [6.07, 6.45) is 1.32. The molecule has 1 unspecified atom stereocenters. The lowest BCUT2D eigenvalue weighted by Gasteiger charge is -2.31. The first kappa shape index (κ1) is 11.2. The Kier molecular flexibility index (Phi) is 3.19. The van der Waals surface area contributed by atoms with Crippen molar-refractivity contribution in [3.8, 4) is 0 Å². The van der Waals surface area contributed by atoms with E-state index < -0.39 is 5.67 Å². The Balaban J connectivity index is 2.39. The molecule has 1 N–H and O–H groups in total. The molecule has 4 heteroatoms. The molecule has 0 aromatic heterocycles. The van der Waals surface area contributed by atoms with E-state index in [2.05, 4.69) is 5.32 Å². The molecule has 0 amide bonds. The summed E-state index contributed by atoms with van der Waals surface area (Å²) in [4.78, 5) is 0. The van der Waals surface area contributed by atoms with Gasteiger partial charge in [-0.3, -0.25) is 0 Å². The van der Waals surface area contributed by atoms with Crippen LogP contribution < -0.4 is 5.32 Å². The molecule has 1 heterocycles. The van der Waals surface area contributed by atoms with Gasteiger partial charge in [-0.25, -0.2) is 4.39 Å². The van der Waals surface area contributed by atoms with Crippen molar-refractivity contribution in [2.24, 2.45) is 0 Å². The molecule has 2 rings (SSSR count). The highest BCUT2D eigenvalue weighted by Crippen LogP contribution is 2.39. The topological polar surface area (TPSA) is 12.0 Å². The summed E-state index contributed by atoms with van der Waals surface area (Å²) in [5.41, 5.74) is -0.871. The van der Waals surface area contributed by atoms with Crippen molar-refractivity contribution >= 4 is 23.2 Å². The van der Waals surface area contributed by atoms with Gasteiger partial charge in [-0.15, -0.1) is 0 Å². The number of halogens is 3. The van der Waals surface area contributed by atoms with E-state index in [1.54, 1.807) is 18.2 Å². The Bertz CT molecular complexity index is 362. The van der Waals surface area contributed by atoms with Crippen LogP contribution in [0.5, 0.6) is 0 Å². The molecule has 1 aliphatic heterocycles. The Hall–Kier alpha value is -0.310. The highest BCUT2D eigenvalue weighted by Gasteiger charge is 2.35. The van der Waals surface area contributed by atoms with E-state index >= 15 is 0 Å². The number of hydrogen-bond acceptors (Lipinski definition) is 1. The van der Waals surface area contributed by atoms with E-state index in [9.17, 15) is 4.39 Å². The largest absolute Gasteiger partial charge is 0.313 e. The van der Waals surface area contributed by atoms with Gasteiger partial charge in [0.1, 0.15) is 5.67 Å². The molecule has 1 aromatic rings. The van der Waals surface area contributed by atoms with Crippen LogP contribution in [-0.4, -0.2) is 13.1 Å². The van der Waals surface area contributed by atoms with Crippen LogP contribution in [0, 0.1) is 0 Å². The second-order valence-electron chi connectivity index (χ2n) is 3.85. The van der Waals surface area contributed by atoms with Crippen LogP contribution in [0.4, 0.5) is 4.39 Å². The second kappa shape index (κ2) is 4.28. The van der Waals surface area contributed by atoms with E-state index in [1.165, 1.54) is 0 Å². The third-order valence-corrected chi connectivity index (χ3v) is 3.59. The van der Waals surface area contributed by atoms with Crippen molar-refractivity contribution in [1.82, 2.24) is 5.32 Å². The van der Waals surface area contributed by atoms with Crippen LogP contribution in [0.25, 0.3) is 0 Å². The van der Waals surface area contributed by atoms with Crippen molar-refractivity contribution in [3.05, 3.63) is 33.8 Å². The summed E-state index contributed by atoms with van der Waals surface area (Å²) in [5.74, 6) is 0. The fraction of sp³-hybridized carbons (Fsp3) is 0.455. The summed E-state index contributed by atoms with van der Waals surface area (Å²) in [7, 11) is 0. The van der Waals surface area contributed by atoms with E-state index in [-0.39, 0.29) is 0 Å². The monoisotopic (exact) mass is 247 g/mol. The molecule has 1 aliphatic rings. The molecule has 0 saturated carbocycles. The van der Waals surface area contributed by atoms with Crippen molar-refractivity contribution in [3.63, 3.8) is 0 Å². The molecule has 0 radical (unpaired) electrons. The number of rotatable bonds is 1. The van der Waals surface area contributed by atoms with Gasteiger partial charge in [0, 0.05) is 12.1 Å². The number of hydrogen-bond donors (Lipinski definition) is 1. The Morgan fingerprint density at radius 3 is 2.80 bits per heavy atom. The first-order chi connectivity index (χ1) is 7.13. The predicted octanol–water partition coefficient (Wildman–Crippen LogP) is 3.54. The highest BCUT2D eigenvalue weighted by atomic mass is 35.5. The molecule has 1 atom stereocenters. The SMILES string of the molecule is FC1(c2cccc(Cl)c2Cl)CCCNC1. The normalized spacial score (nSPS) is 26.6. The third-order valence-electron chi connectivity index (χ3n) is 2.77. The lowest BCUT2D eigenvalue weighted by Crippen LogP contribution is -2.40. The maximum atomic E-state index is 14.5. The third kappa shape index (κ3) is 2.12. The molecule has 82 valence electrons. The zero-order valence-electron chi connectivity index (χ0n) is 8.19. The molecule has 0 spiro atoms. The average Bonchev–Trinajstić information content (AvgIpc) is 2.23. The summed E-state index contributed by atoms with van der Waals surface area (Å²) < 4.78 is 14.5. The maximum absolute atomic E-state index is 14.5. The Morgan fingerprint density at radius 2 is 2.13 bits per heavy atom. The molecular weight excluding hydrogens is 236 g/mol. The molecular formula is C11H12Cl2FN. The average molecular weight is 248 g/mol. The minimum Gasteiger partial charge on any atom is -0.313 e. The molecule has 0 bridgehead atoms. The second-order valence-corrected chi connectivity index (χ2v) is 4.63. The van der Waals surface area contributed by atoms with Gasteiger partial charge in [0.15, 0.2) is 0 Å². The minimum atomic E-state index is -1.37. The standard InChI is InChI=1S/C11H12Cl2FN/c12-9-4-1-3-8(10(9)13)11(14)5-2-6-15-7-11/h1,3-4,15H,2,5-7H2. The van der Waals surface area contributed by atoms with Gasteiger partial charge in [-0.2, -0.15) is 0 Å². The molecule has 1 nitrogen and oxygen atoms in total. The number of nitrogens with one attached hydrogen (secondary N) is 1. The number of alkyl halides is 1. The van der Waals surface area contributed by atoms with Crippen LogP contribution in [0.3, 0.4) is 0 Å². The summed E-state index contributed by atoms with van der Waals surface area (Å²) >= 11 is 11.9. The van der Waals surface area contributed by atoms with Crippen molar-refractivity contribution in [1.29, 1.82) is 0 Å². The summed E-state index contributed by atoms with van der Waals surface area (Å²) in [5, 5.41) is 3.80. The van der Waals surface area contributed by atoms with E-state index in [1.807, 2.05) is 0 Å². The quantitative estimate of drug-likeness (QED) is 0.801. The van der Waals surface area contributed by atoms with Gasteiger partial charge >= 0.3 is 0 Å². The fourth-order valence-electron chi connectivity index (χ4n) is 1.95. The molecule has 0 aliphatic carbocycles. The summed E-state index contributed by atoms with van der Waals surface area (Å²) in [6.45, 7) is 1.18. The molecule has 1 aromatic carbocycles. The fourth-order valence-corrected chi connectivity index (χ4v) is 2.42. The maximum Gasteiger partial charge on any atom is 0.149 e. The van der Waals surface area contributed by atoms with Gasteiger partial charge in [-0.1, -0.05) is 35.3 Å². The zero-order valence-corrected chi connectivity index (χ0v) is 9.71. The van der Waals surface area contributed by atoms with Crippen molar-refractivity contribution < 1.29 is 4.39 Å². The van der Waals surface area contributed by atoms with Gasteiger partial charge in [-0.05, 0) is 25.5 Å². The van der Waals surface area contributed by atoms with Gasteiger partial charge in [0.2, 0.25) is 0 Å². The van der Waals surface area contributed by atoms with E-state index in [4.69, 9.17) is 23.2 Å². The Morgan fingerprint density at radius 1 is 1.33 bits per heavy atom. The van der Waals surface area contributed by atoms with Crippen LogP contribution in [-0.2, 0) is 5.67 Å². The van der Waals surface area contributed by atoms with Crippen LogP contribution >= 0.6 is 23.2 Å². The number of piperidine rings is 1. The minimum absolute atomic E-state index is 0.313. The molecule has 1 saturated heterocycles. The van der Waals surface area contributed by atoms with E-state index in [0.29, 0.717) is 28.6 Å². The lowest BCUT2D eigenvalue weighted by atomic mass is 9.88. The Labute approximate surface area is 98.6 Å². The highest BCUT2D eigenvalue weighted by molar-refractivity contribution is 6.42. The van der Waals surface area contributed by atoms with Gasteiger partial charge < -0.3 is 5.32 Å². The van der Waals surface area contributed by atoms with Crippen LogP contribution in [0.1, 0.15) is 18.4 Å². The van der Waals surface area contributed by atoms with Crippen LogP contribution in [0.15, 0.2) is 18.2 Å². The van der Waals surface area contributed by atoms with Crippen molar-refractivity contribution in [2.75, 3.05) is 13.1 Å². The van der Waals surface area contributed by atoms with E-state index in [0.717, 1.165) is 13.0 Å². The van der Waals surface area contributed by atoms with Crippen LogP contribution in [0.2, 0.25) is 10.0 Å². The summed E-state index contributed by atoms with van der Waals surface area (Å²) in [6, 6.07) is 5.12. The first-order valence-electron chi connectivity index (χ1n) is 4.98. The molecule has 1 fully saturated rings. The van der Waals surface area contributed by atoms with Crippen molar-refractivity contribution in [2.45, 2.75) is 18.5 Å². The van der Waals surface area contributed by atoms with Gasteiger partial charge in [0.25, 0.3) is 0 Å². The first-order valence-corrected chi connectivity index (χ1v) is 5.73. The predicted molar refractivity (Wildman–Crippen MR) is 61.4 cm³/mol. The number of benzene rings is 1. The van der Waals surface area contributed by atoms with Gasteiger partial charge in [0.05, 0.1) is 10.0 Å².